The number of aliphatic hydroxyl groups is 3. The number of benzene rings is 1. The second-order valence-corrected chi connectivity index (χ2v) is 14.8. The third-order valence-corrected chi connectivity index (χ3v) is 11.9. The molecule has 0 heterocycles. The standard InChI is InChI=1S/C34H40N2O9/c1-14-18-5-4-6-19(37)22(18)27(39)23-21(14)29(45-20(38)13-33-10-15-7-16(11-33)9-17(8-15)12-33)25-26(36(2)3)28(40)24(32(35)43)31(42)34(25,44)30(23)41/h4-6,14-17,21,25-26,29,37,39,42,44H,7-13H2,1-3H3,(H2,35,43)/t14-,15?,16?,17?,21+,25+,26-,29-,33?,34-/m0/s1. The predicted molar refractivity (Wildman–Crippen MR) is 159 cm³/mol. The van der Waals surface area contributed by atoms with Gasteiger partial charge in [-0.15, -0.1) is 0 Å². The van der Waals surface area contributed by atoms with Gasteiger partial charge in [-0.2, -0.15) is 0 Å². The van der Waals surface area contributed by atoms with Crippen molar-refractivity contribution in [3.05, 3.63) is 46.2 Å². The number of hydrogen-bond donors (Lipinski definition) is 5. The van der Waals surface area contributed by atoms with Gasteiger partial charge in [0, 0.05) is 11.5 Å². The smallest absolute Gasteiger partial charge is 0.306 e. The lowest BCUT2D eigenvalue weighted by Gasteiger charge is -2.57. The summed E-state index contributed by atoms with van der Waals surface area (Å²) in [6, 6.07) is 3.24. The largest absolute Gasteiger partial charge is 0.508 e. The summed E-state index contributed by atoms with van der Waals surface area (Å²) in [7, 11) is 3.03. The minimum atomic E-state index is -2.94. The fourth-order valence-corrected chi connectivity index (χ4v) is 10.7. The van der Waals surface area contributed by atoms with Crippen LogP contribution in [0, 0.1) is 35.0 Å². The van der Waals surface area contributed by atoms with E-state index < -0.39 is 76.0 Å². The number of carbonyl (C=O) groups excluding carboxylic acids is 4. The van der Waals surface area contributed by atoms with Crippen LogP contribution in [0.1, 0.15) is 68.9 Å². The van der Waals surface area contributed by atoms with Crippen LogP contribution in [0.3, 0.4) is 0 Å². The van der Waals surface area contributed by atoms with Crippen LogP contribution in [0.4, 0.5) is 0 Å². The Hall–Kier alpha value is -3.70. The number of esters is 1. The molecule has 6 atom stereocenters. The Morgan fingerprint density at radius 3 is 2.18 bits per heavy atom. The number of ketones is 2. The van der Waals surface area contributed by atoms with E-state index in [2.05, 4.69) is 0 Å². The molecule has 0 aliphatic heterocycles. The highest BCUT2D eigenvalue weighted by molar-refractivity contribution is 6.24. The number of primary amides is 1. The number of likely N-dealkylation sites (N-methyl/N-ethyl adjacent to an activating group) is 1. The molecule has 6 N–H and O–H groups in total. The van der Waals surface area contributed by atoms with Gasteiger partial charge < -0.3 is 30.9 Å². The minimum Gasteiger partial charge on any atom is -0.508 e. The van der Waals surface area contributed by atoms with Gasteiger partial charge in [-0.05, 0) is 93.3 Å². The number of phenols is 1. The molecule has 240 valence electrons. The Labute approximate surface area is 260 Å². The Kier molecular flexibility index (Phi) is 6.59. The van der Waals surface area contributed by atoms with Gasteiger partial charge in [0.1, 0.15) is 28.9 Å². The molecule has 0 radical (unpaired) electrons. The zero-order valence-electron chi connectivity index (χ0n) is 25.7. The summed E-state index contributed by atoms with van der Waals surface area (Å²) < 4.78 is 6.33. The summed E-state index contributed by atoms with van der Waals surface area (Å²) in [6.07, 6.45) is 5.14. The highest BCUT2D eigenvalue weighted by Crippen LogP contribution is 2.62. The van der Waals surface area contributed by atoms with E-state index in [-0.39, 0.29) is 28.7 Å². The van der Waals surface area contributed by atoms with Crippen molar-refractivity contribution >= 4 is 29.2 Å². The van der Waals surface area contributed by atoms with Gasteiger partial charge in [0.05, 0.1) is 23.9 Å². The number of aromatic hydroxyl groups is 1. The number of nitrogens with two attached hydrogens (primary N) is 1. The molecule has 11 heteroatoms. The first kappa shape index (κ1) is 30.0. The number of amides is 1. The van der Waals surface area contributed by atoms with Crippen molar-refractivity contribution in [1.82, 2.24) is 4.90 Å². The molecule has 1 aromatic rings. The minimum absolute atomic E-state index is 0.0140. The average Bonchev–Trinajstić information content (AvgIpc) is 2.93. The van der Waals surface area contributed by atoms with Crippen molar-refractivity contribution < 1.29 is 44.3 Å². The lowest BCUT2D eigenvalue weighted by molar-refractivity contribution is -0.188. The molecule has 7 aliphatic carbocycles. The van der Waals surface area contributed by atoms with Crippen molar-refractivity contribution in [1.29, 1.82) is 0 Å². The first-order valence-electron chi connectivity index (χ1n) is 15.8. The van der Waals surface area contributed by atoms with Crippen LogP contribution in [0.2, 0.25) is 0 Å². The molecule has 0 aromatic heterocycles. The van der Waals surface area contributed by atoms with Gasteiger partial charge in [-0.3, -0.25) is 24.1 Å². The van der Waals surface area contributed by atoms with Crippen molar-refractivity contribution in [2.24, 2.45) is 40.7 Å². The maximum atomic E-state index is 14.4. The number of hydrogen-bond acceptors (Lipinski definition) is 10. The van der Waals surface area contributed by atoms with E-state index in [4.69, 9.17) is 10.5 Å². The van der Waals surface area contributed by atoms with Gasteiger partial charge in [0.2, 0.25) is 5.78 Å². The molecular formula is C34H40N2O9. The summed E-state index contributed by atoms with van der Waals surface area (Å²) >= 11 is 0. The number of aliphatic hydroxyl groups excluding tert-OH is 2. The second-order valence-electron chi connectivity index (χ2n) is 14.8. The maximum absolute atomic E-state index is 14.4. The number of carbonyl (C=O) groups is 4. The quantitative estimate of drug-likeness (QED) is 0.242. The molecule has 0 unspecified atom stereocenters. The molecular weight excluding hydrogens is 580 g/mol. The lowest BCUT2D eigenvalue weighted by Crippen LogP contribution is -2.71. The Bertz CT molecular complexity index is 1570. The summed E-state index contributed by atoms with van der Waals surface area (Å²) in [5.41, 5.74) is 1.53. The number of Topliss-reactive ketones (excluding diaryl/α,β-unsaturated/α-hetero) is 2. The van der Waals surface area contributed by atoms with Crippen molar-refractivity contribution in [2.75, 3.05) is 14.1 Å². The lowest BCUT2D eigenvalue weighted by atomic mass is 9.49. The molecule has 0 saturated heterocycles. The van der Waals surface area contributed by atoms with Crippen LogP contribution in [-0.4, -0.2) is 80.6 Å². The van der Waals surface area contributed by atoms with Gasteiger partial charge in [-0.25, -0.2) is 0 Å². The van der Waals surface area contributed by atoms with Crippen LogP contribution in [-0.2, 0) is 23.9 Å². The molecule has 0 spiro atoms. The molecule has 5 saturated carbocycles. The van der Waals surface area contributed by atoms with E-state index in [9.17, 15) is 39.6 Å². The van der Waals surface area contributed by atoms with Crippen molar-refractivity contribution in [3.63, 3.8) is 0 Å². The molecule has 4 bridgehead atoms. The maximum Gasteiger partial charge on any atom is 0.306 e. The zero-order chi connectivity index (χ0) is 32.3. The number of phenolic OH excluding ortho intramolecular Hbond substituents is 1. The first-order valence-corrected chi connectivity index (χ1v) is 15.8. The fraction of sp³-hybridized carbons (Fsp3) is 0.588. The van der Waals surface area contributed by atoms with Crippen LogP contribution in [0.15, 0.2) is 35.1 Å². The summed E-state index contributed by atoms with van der Waals surface area (Å²) in [4.78, 5) is 56.1. The average molecular weight is 621 g/mol. The summed E-state index contributed by atoms with van der Waals surface area (Å²) in [5.74, 6) is -7.58. The number of nitrogens with zero attached hydrogens (tertiary/aromatic N) is 1. The monoisotopic (exact) mass is 620 g/mol. The van der Waals surface area contributed by atoms with E-state index in [1.807, 2.05) is 0 Å². The highest BCUT2D eigenvalue weighted by atomic mass is 16.5. The molecule has 8 rings (SSSR count). The third-order valence-electron chi connectivity index (χ3n) is 11.9. The molecule has 1 amide bonds. The van der Waals surface area contributed by atoms with E-state index in [1.54, 1.807) is 19.1 Å². The molecule has 11 nitrogen and oxygen atoms in total. The van der Waals surface area contributed by atoms with E-state index >= 15 is 0 Å². The first-order chi connectivity index (χ1) is 21.2. The Balaban J connectivity index is 1.38. The SMILES string of the molecule is C[C@H]1c2cccc(O)c2C(O)=C2C(=O)[C@]3(O)C(O)=C(C(N)=O)C(=O)[C@@H](N(C)C)[C@@H]3[C@@H](OC(=O)CC34CC5CC(CC(C5)C3)C4)[C@@H]21. The molecule has 45 heavy (non-hydrogen) atoms. The molecule has 7 aliphatic rings. The number of ether oxygens (including phenoxy) is 1. The van der Waals surface area contributed by atoms with Crippen molar-refractivity contribution in [3.8, 4) is 5.75 Å². The molecule has 1 aromatic carbocycles. The molecule has 5 fully saturated rings. The van der Waals surface area contributed by atoms with Gasteiger partial charge in [-0.1, -0.05) is 19.1 Å². The van der Waals surface area contributed by atoms with E-state index in [0.29, 0.717) is 23.3 Å². The van der Waals surface area contributed by atoms with Crippen LogP contribution < -0.4 is 5.73 Å². The Morgan fingerprint density at radius 2 is 1.62 bits per heavy atom. The fourth-order valence-electron chi connectivity index (χ4n) is 10.7. The van der Waals surface area contributed by atoms with Gasteiger partial charge in [0.25, 0.3) is 5.91 Å². The second kappa shape index (κ2) is 9.90. The highest BCUT2D eigenvalue weighted by Gasteiger charge is 2.69. The van der Waals surface area contributed by atoms with E-state index in [0.717, 1.165) is 19.3 Å². The van der Waals surface area contributed by atoms with Gasteiger partial charge in [0.15, 0.2) is 11.4 Å². The zero-order valence-corrected chi connectivity index (χ0v) is 25.7. The van der Waals surface area contributed by atoms with E-state index in [1.165, 1.54) is 44.3 Å². The van der Waals surface area contributed by atoms with Gasteiger partial charge >= 0.3 is 5.97 Å². The summed E-state index contributed by atoms with van der Waals surface area (Å²) in [6.45, 7) is 1.76. The third kappa shape index (κ3) is 4.08. The summed E-state index contributed by atoms with van der Waals surface area (Å²) in [5, 5.41) is 45.9. The van der Waals surface area contributed by atoms with Crippen LogP contribution in [0.5, 0.6) is 5.75 Å². The van der Waals surface area contributed by atoms with Crippen LogP contribution >= 0.6 is 0 Å². The Morgan fingerprint density at radius 1 is 1.02 bits per heavy atom. The predicted octanol–water partition coefficient (Wildman–Crippen LogP) is 2.65. The van der Waals surface area contributed by atoms with Crippen LogP contribution in [0.25, 0.3) is 5.76 Å². The number of rotatable bonds is 5. The topological polar surface area (TPSA) is 188 Å². The normalized spacial score (nSPS) is 39.9. The van der Waals surface area contributed by atoms with Crippen molar-refractivity contribution in [2.45, 2.75) is 75.5 Å². The number of fused-ring (bicyclic) bond motifs is 3.